The van der Waals surface area contributed by atoms with Gasteiger partial charge in [-0.3, -0.25) is 10.1 Å². The maximum Gasteiger partial charge on any atom is 0.241 e. The van der Waals surface area contributed by atoms with Gasteiger partial charge in [-0.15, -0.1) is 0 Å². The molecule has 1 aromatic carbocycles. The minimum atomic E-state index is -0.0496. The monoisotopic (exact) mass is 286 g/mol. The van der Waals surface area contributed by atoms with Crippen LogP contribution in [0.5, 0.6) is 0 Å². The summed E-state index contributed by atoms with van der Waals surface area (Å²) in [5.41, 5.74) is 2.46. The van der Waals surface area contributed by atoms with Gasteiger partial charge in [0.1, 0.15) is 6.17 Å². The van der Waals surface area contributed by atoms with Gasteiger partial charge in [-0.05, 0) is 37.2 Å². The van der Waals surface area contributed by atoms with Crippen molar-refractivity contribution in [2.75, 3.05) is 0 Å². The summed E-state index contributed by atoms with van der Waals surface area (Å²) in [6, 6.07) is 8.89. The maximum absolute atomic E-state index is 12.8. The third-order valence-electron chi connectivity index (χ3n) is 4.90. The molecule has 2 atom stereocenters. The van der Waals surface area contributed by atoms with E-state index in [4.69, 9.17) is 0 Å². The predicted octanol–water partition coefficient (Wildman–Crippen LogP) is 3.25. The lowest BCUT2D eigenvalue weighted by Gasteiger charge is -2.42. The Bertz CT molecular complexity index is 534. The molecule has 3 heteroatoms. The molecule has 0 bridgehead atoms. The summed E-state index contributed by atoms with van der Waals surface area (Å²) in [7, 11) is 0. The molecule has 3 rings (SSSR count). The number of hydrogen-bond donors (Lipinski definition) is 1. The Morgan fingerprint density at radius 1 is 1.29 bits per heavy atom. The van der Waals surface area contributed by atoms with Crippen LogP contribution < -0.4 is 5.32 Å². The average molecular weight is 286 g/mol. The van der Waals surface area contributed by atoms with Crippen LogP contribution in [0.4, 0.5) is 0 Å². The molecule has 1 heterocycles. The number of carbonyl (C=O) groups is 1. The molecule has 2 aliphatic rings. The first-order chi connectivity index (χ1) is 9.97. The summed E-state index contributed by atoms with van der Waals surface area (Å²) in [5, 5.41) is 3.57. The van der Waals surface area contributed by atoms with Gasteiger partial charge in [-0.2, -0.15) is 0 Å². The molecular formula is C18H26N2O. The summed E-state index contributed by atoms with van der Waals surface area (Å²) < 4.78 is 0. The number of nitrogens with zero attached hydrogens (tertiary/aromatic N) is 1. The lowest BCUT2D eigenvalue weighted by Crippen LogP contribution is -2.47. The summed E-state index contributed by atoms with van der Waals surface area (Å²) in [6.45, 7) is 8.62. The van der Waals surface area contributed by atoms with Crippen molar-refractivity contribution in [1.29, 1.82) is 0 Å². The van der Waals surface area contributed by atoms with Gasteiger partial charge in [-0.25, -0.2) is 0 Å². The van der Waals surface area contributed by atoms with Crippen molar-refractivity contribution in [1.82, 2.24) is 10.2 Å². The molecular weight excluding hydrogens is 260 g/mol. The van der Waals surface area contributed by atoms with E-state index in [1.807, 2.05) is 0 Å². The zero-order valence-corrected chi connectivity index (χ0v) is 13.5. The number of nitrogens with one attached hydrogen (secondary N) is 1. The van der Waals surface area contributed by atoms with Gasteiger partial charge in [-0.1, -0.05) is 50.6 Å². The molecule has 2 unspecified atom stereocenters. The summed E-state index contributed by atoms with van der Waals surface area (Å²) >= 11 is 0. The van der Waals surface area contributed by atoms with Gasteiger partial charge in [0.25, 0.3) is 0 Å². The van der Waals surface area contributed by atoms with Crippen molar-refractivity contribution in [3.8, 4) is 0 Å². The number of rotatable bonds is 3. The van der Waals surface area contributed by atoms with Crippen LogP contribution in [-0.2, 0) is 4.79 Å². The number of amides is 1. The molecule has 1 aliphatic heterocycles. The second-order valence-electron chi connectivity index (χ2n) is 7.18. The Hall–Kier alpha value is -1.35. The van der Waals surface area contributed by atoms with E-state index in [1.165, 1.54) is 11.1 Å². The lowest BCUT2D eigenvalue weighted by atomic mass is 9.80. The minimum absolute atomic E-state index is 0.0438. The largest absolute Gasteiger partial charge is 0.319 e. The van der Waals surface area contributed by atoms with Gasteiger partial charge in [0.05, 0.1) is 6.04 Å². The molecule has 1 N–H and O–H groups in total. The van der Waals surface area contributed by atoms with Crippen LogP contribution in [0.3, 0.4) is 0 Å². The van der Waals surface area contributed by atoms with Gasteiger partial charge < -0.3 is 4.90 Å². The van der Waals surface area contributed by atoms with Crippen molar-refractivity contribution in [2.24, 2.45) is 11.8 Å². The fraction of sp³-hybridized carbons (Fsp3) is 0.611. The highest BCUT2D eigenvalue weighted by atomic mass is 16.2. The Kier molecular flexibility index (Phi) is 3.78. The van der Waals surface area contributed by atoms with Crippen LogP contribution in [0, 0.1) is 18.8 Å². The van der Waals surface area contributed by atoms with Crippen LogP contribution in [-0.4, -0.2) is 22.9 Å². The predicted molar refractivity (Wildman–Crippen MR) is 84.7 cm³/mol. The van der Waals surface area contributed by atoms with Crippen LogP contribution in [0.15, 0.2) is 24.3 Å². The van der Waals surface area contributed by atoms with Gasteiger partial charge in [0, 0.05) is 6.04 Å². The van der Waals surface area contributed by atoms with Crippen LogP contribution in [0.2, 0.25) is 0 Å². The first-order valence-corrected chi connectivity index (χ1v) is 8.12. The lowest BCUT2D eigenvalue weighted by molar-refractivity contribution is -0.135. The fourth-order valence-corrected chi connectivity index (χ4v) is 3.66. The molecule has 0 aromatic heterocycles. The van der Waals surface area contributed by atoms with Crippen molar-refractivity contribution >= 4 is 5.91 Å². The van der Waals surface area contributed by atoms with E-state index >= 15 is 0 Å². The quantitative estimate of drug-likeness (QED) is 0.925. The van der Waals surface area contributed by atoms with E-state index in [2.05, 4.69) is 62.2 Å². The number of carbonyl (C=O) groups excluding carboxylic acids is 1. The number of benzene rings is 1. The van der Waals surface area contributed by atoms with Crippen molar-refractivity contribution in [3.05, 3.63) is 35.4 Å². The second-order valence-corrected chi connectivity index (χ2v) is 7.18. The molecule has 0 spiro atoms. The zero-order chi connectivity index (χ0) is 15.1. The molecule has 1 aliphatic carbocycles. The van der Waals surface area contributed by atoms with Crippen molar-refractivity contribution in [2.45, 2.75) is 58.8 Å². The van der Waals surface area contributed by atoms with Crippen LogP contribution >= 0.6 is 0 Å². The van der Waals surface area contributed by atoms with E-state index in [0.717, 1.165) is 18.8 Å². The van der Waals surface area contributed by atoms with Crippen LogP contribution in [0.1, 0.15) is 50.9 Å². The van der Waals surface area contributed by atoms with E-state index < -0.39 is 0 Å². The zero-order valence-electron chi connectivity index (χ0n) is 13.5. The summed E-state index contributed by atoms with van der Waals surface area (Å²) in [5.74, 6) is 1.36. The average Bonchev–Trinajstić information content (AvgIpc) is 2.73. The van der Waals surface area contributed by atoms with Gasteiger partial charge in [0.15, 0.2) is 0 Å². The SMILES string of the molecule is Cc1cccc(C2NC(C(C)C)C(=O)N2C2CC(C)C2)c1. The highest BCUT2D eigenvalue weighted by Crippen LogP contribution is 2.39. The van der Waals surface area contributed by atoms with Crippen LogP contribution in [0.25, 0.3) is 0 Å². The van der Waals surface area contributed by atoms with Gasteiger partial charge in [0.2, 0.25) is 5.91 Å². The topological polar surface area (TPSA) is 32.3 Å². The van der Waals surface area contributed by atoms with E-state index in [-0.39, 0.29) is 18.1 Å². The first-order valence-electron chi connectivity index (χ1n) is 8.12. The smallest absolute Gasteiger partial charge is 0.241 e. The molecule has 21 heavy (non-hydrogen) atoms. The summed E-state index contributed by atoms with van der Waals surface area (Å²) in [6.07, 6.45) is 2.32. The maximum atomic E-state index is 12.8. The molecule has 1 amide bonds. The number of hydrogen-bond acceptors (Lipinski definition) is 2. The third kappa shape index (κ3) is 2.59. The molecule has 1 aromatic rings. The van der Waals surface area contributed by atoms with E-state index in [0.29, 0.717) is 12.0 Å². The molecule has 1 saturated heterocycles. The highest BCUT2D eigenvalue weighted by Gasteiger charge is 2.46. The summed E-state index contributed by atoms with van der Waals surface area (Å²) in [4.78, 5) is 14.9. The van der Waals surface area contributed by atoms with Crippen molar-refractivity contribution in [3.63, 3.8) is 0 Å². The van der Waals surface area contributed by atoms with Gasteiger partial charge >= 0.3 is 0 Å². The number of aryl methyl sites for hydroxylation is 1. The highest BCUT2D eigenvalue weighted by molar-refractivity contribution is 5.85. The van der Waals surface area contributed by atoms with Crippen molar-refractivity contribution < 1.29 is 4.79 Å². The fourth-order valence-electron chi connectivity index (χ4n) is 3.66. The Balaban J connectivity index is 1.90. The first kappa shape index (κ1) is 14.6. The Morgan fingerprint density at radius 3 is 2.57 bits per heavy atom. The van der Waals surface area contributed by atoms with E-state index in [9.17, 15) is 4.79 Å². The third-order valence-corrected chi connectivity index (χ3v) is 4.90. The molecule has 2 fully saturated rings. The molecule has 114 valence electrons. The normalized spacial score (nSPS) is 32.6. The minimum Gasteiger partial charge on any atom is -0.319 e. The molecule has 0 radical (unpaired) electrons. The molecule has 3 nitrogen and oxygen atoms in total. The standard InChI is InChI=1S/C18H26N2O/c1-11(2)16-18(21)20(15-9-13(4)10-15)17(19-16)14-7-5-6-12(3)8-14/h5-8,11,13,15-17,19H,9-10H2,1-4H3. The van der Waals surface area contributed by atoms with E-state index in [1.54, 1.807) is 0 Å². The molecule has 1 saturated carbocycles. The second kappa shape index (κ2) is 5.45. The Labute approximate surface area is 127 Å². The Morgan fingerprint density at radius 2 is 2.00 bits per heavy atom.